The Morgan fingerprint density at radius 3 is 2.28 bits per heavy atom. The second-order valence-corrected chi connectivity index (χ2v) is 8.62. The molecular formula is C17H20F3N3OS. The largest absolute Gasteiger partial charge is 0.598 e. The van der Waals surface area contributed by atoms with Crippen molar-refractivity contribution in [3.8, 4) is 11.1 Å². The summed E-state index contributed by atoms with van der Waals surface area (Å²) in [6, 6.07) is 5.64. The molecule has 2 aromatic heterocycles. The van der Waals surface area contributed by atoms with E-state index >= 15 is 0 Å². The molecule has 2 aromatic rings. The maximum absolute atomic E-state index is 12.8. The minimum atomic E-state index is -4.49. The van der Waals surface area contributed by atoms with Gasteiger partial charge in [-0.05, 0) is 51.5 Å². The number of hydrogen-bond acceptors (Lipinski definition) is 4. The first-order valence-corrected chi connectivity index (χ1v) is 8.81. The minimum absolute atomic E-state index is 0.253. The molecular weight excluding hydrogens is 351 g/mol. The molecule has 0 aromatic carbocycles. The van der Waals surface area contributed by atoms with Gasteiger partial charge in [0, 0.05) is 29.3 Å². The summed E-state index contributed by atoms with van der Waals surface area (Å²) in [6.07, 6.45) is -1.86. The summed E-state index contributed by atoms with van der Waals surface area (Å²) in [5, 5.41) is 0. The molecule has 0 fully saturated rings. The Morgan fingerprint density at radius 1 is 1.08 bits per heavy atom. The number of aromatic nitrogens is 2. The van der Waals surface area contributed by atoms with Crippen molar-refractivity contribution < 1.29 is 17.7 Å². The quantitative estimate of drug-likeness (QED) is 0.815. The first kappa shape index (κ1) is 19.7. The summed E-state index contributed by atoms with van der Waals surface area (Å²) < 4.78 is 53.0. The summed E-state index contributed by atoms with van der Waals surface area (Å²) in [4.78, 5) is 7.63. The average Bonchev–Trinajstić information content (AvgIpc) is 2.53. The highest BCUT2D eigenvalue weighted by Gasteiger charge is 2.32. The average molecular weight is 371 g/mol. The Bertz CT molecular complexity index is 714. The topological polar surface area (TPSA) is 60.9 Å². The zero-order chi connectivity index (χ0) is 18.8. The molecule has 2 rings (SSSR count). The van der Waals surface area contributed by atoms with Crippen molar-refractivity contribution in [2.24, 2.45) is 0 Å². The molecule has 0 aliphatic heterocycles. The van der Waals surface area contributed by atoms with Crippen molar-refractivity contribution in [1.29, 1.82) is 0 Å². The lowest BCUT2D eigenvalue weighted by Crippen LogP contribution is -2.40. The minimum Gasteiger partial charge on any atom is -0.598 e. The van der Waals surface area contributed by atoms with E-state index < -0.39 is 28.0 Å². The smallest absolute Gasteiger partial charge is 0.433 e. The molecule has 0 bridgehead atoms. The number of nitrogens with one attached hydrogen (secondary N) is 1. The van der Waals surface area contributed by atoms with Gasteiger partial charge in [0.1, 0.15) is 10.4 Å². The fourth-order valence-electron chi connectivity index (χ4n) is 2.00. The van der Waals surface area contributed by atoms with Gasteiger partial charge in [0.2, 0.25) is 0 Å². The van der Waals surface area contributed by atoms with Crippen molar-refractivity contribution in [2.45, 2.75) is 44.7 Å². The van der Waals surface area contributed by atoms with Crippen LogP contribution in [0.3, 0.4) is 0 Å². The van der Waals surface area contributed by atoms with Gasteiger partial charge in [-0.1, -0.05) is 6.07 Å². The van der Waals surface area contributed by atoms with Crippen LogP contribution in [0.1, 0.15) is 45.1 Å². The molecule has 0 radical (unpaired) electrons. The summed E-state index contributed by atoms with van der Waals surface area (Å²) in [5.41, 5.74) is 0.664. The van der Waals surface area contributed by atoms with Crippen LogP contribution in [-0.4, -0.2) is 19.3 Å². The zero-order valence-electron chi connectivity index (χ0n) is 14.4. The normalized spacial score (nSPS) is 15.0. The van der Waals surface area contributed by atoms with Crippen molar-refractivity contribution in [3.63, 3.8) is 0 Å². The predicted octanol–water partition coefficient (Wildman–Crippen LogP) is 4.28. The van der Waals surface area contributed by atoms with Crippen molar-refractivity contribution in [1.82, 2.24) is 14.7 Å². The molecule has 0 saturated carbocycles. The molecule has 0 saturated heterocycles. The van der Waals surface area contributed by atoms with Crippen LogP contribution in [0.4, 0.5) is 13.2 Å². The maximum atomic E-state index is 12.8. The lowest BCUT2D eigenvalue weighted by molar-refractivity contribution is -0.141. The molecule has 0 spiro atoms. The standard InChI is InChI=1S/C17H20F3N3OS/c1-11(23-25(24)16(2,3)4)14-6-5-13(10-22-14)12-7-8-21-15(9-12)17(18,19)20/h5-11,23H,1-4H3. The molecule has 0 amide bonds. The SMILES string of the molecule is CC(N[S+]([O-])C(C)(C)C)c1ccc(-c2ccnc(C(F)(F)F)c2)cn1. The molecule has 136 valence electrons. The number of alkyl halides is 3. The van der Waals surface area contributed by atoms with Crippen LogP contribution in [0, 0.1) is 0 Å². The molecule has 0 aliphatic rings. The third-order valence-corrected chi connectivity index (χ3v) is 5.13. The van der Waals surface area contributed by atoms with Gasteiger partial charge in [0.05, 0.1) is 11.7 Å². The molecule has 8 heteroatoms. The van der Waals surface area contributed by atoms with E-state index in [9.17, 15) is 17.7 Å². The Kier molecular flexibility index (Phi) is 5.75. The van der Waals surface area contributed by atoms with Gasteiger partial charge in [0.15, 0.2) is 0 Å². The zero-order valence-corrected chi connectivity index (χ0v) is 15.2. The van der Waals surface area contributed by atoms with Crippen LogP contribution >= 0.6 is 0 Å². The van der Waals surface area contributed by atoms with E-state index in [0.29, 0.717) is 16.8 Å². The van der Waals surface area contributed by atoms with E-state index in [2.05, 4.69) is 14.7 Å². The molecule has 1 N–H and O–H groups in total. The van der Waals surface area contributed by atoms with Gasteiger partial charge in [-0.2, -0.15) is 13.2 Å². The Morgan fingerprint density at radius 2 is 1.76 bits per heavy atom. The number of pyridine rings is 2. The number of rotatable bonds is 4. The first-order chi connectivity index (χ1) is 11.5. The lowest BCUT2D eigenvalue weighted by atomic mass is 10.1. The van der Waals surface area contributed by atoms with Gasteiger partial charge >= 0.3 is 6.18 Å². The first-order valence-electron chi connectivity index (χ1n) is 7.66. The summed E-state index contributed by atoms with van der Waals surface area (Å²) in [7, 11) is 0. The van der Waals surface area contributed by atoms with Gasteiger partial charge in [0.25, 0.3) is 0 Å². The molecule has 25 heavy (non-hydrogen) atoms. The van der Waals surface area contributed by atoms with Gasteiger partial charge in [-0.15, -0.1) is 4.72 Å². The molecule has 2 heterocycles. The Labute approximate surface area is 148 Å². The third-order valence-electron chi connectivity index (χ3n) is 3.45. The monoisotopic (exact) mass is 371 g/mol. The van der Waals surface area contributed by atoms with Crippen molar-refractivity contribution >= 4 is 11.4 Å². The molecule has 0 aliphatic carbocycles. The second kappa shape index (κ2) is 7.31. The number of nitrogens with zero attached hydrogens (tertiary/aromatic N) is 2. The lowest BCUT2D eigenvalue weighted by Gasteiger charge is -2.26. The van der Waals surface area contributed by atoms with Crippen LogP contribution < -0.4 is 4.72 Å². The van der Waals surface area contributed by atoms with Crippen LogP contribution in [0.5, 0.6) is 0 Å². The van der Waals surface area contributed by atoms with E-state index in [-0.39, 0.29) is 6.04 Å². The Hall–Kier alpha value is -1.64. The van der Waals surface area contributed by atoms with Crippen LogP contribution in [0.15, 0.2) is 36.7 Å². The molecule has 2 unspecified atom stereocenters. The highest BCUT2D eigenvalue weighted by atomic mass is 32.2. The van der Waals surface area contributed by atoms with Crippen LogP contribution in [0.25, 0.3) is 11.1 Å². The van der Waals surface area contributed by atoms with Crippen LogP contribution in [-0.2, 0) is 17.5 Å². The van der Waals surface area contributed by atoms with Crippen molar-refractivity contribution in [2.75, 3.05) is 0 Å². The van der Waals surface area contributed by atoms with E-state index in [4.69, 9.17) is 0 Å². The van der Waals surface area contributed by atoms with E-state index in [0.717, 1.165) is 12.3 Å². The fourth-order valence-corrected chi connectivity index (χ4v) is 2.79. The molecule has 4 nitrogen and oxygen atoms in total. The van der Waals surface area contributed by atoms with Gasteiger partial charge < -0.3 is 4.55 Å². The third kappa shape index (κ3) is 5.17. The summed E-state index contributed by atoms with van der Waals surface area (Å²) >= 11 is -1.25. The number of hydrogen-bond donors (Lipinski definition) is 1. The summed E-state index contributed by atoms with van der Waals surface area (Å²) in [5.74, 6) is 0. The van der Waals surface area contributed by atoms with Crippen molar-refractivity contribution in [3.05, 3.63) is 48.0 Å². The fraction of sp³-hybridized carbons (Fsp3) is 0.412. The summed E-state index contributed by atoms with van der Waals surface area (Å²) in [6.45, 7) is 7.42. The van der Waals surface area contributed by atoms with Gasteiger partial charge in [-0.3, -0.25) is 9.97 Å². The second-order valence-electron chi connectivity index (χ2n) is 6.62. The van der Waals surface area contributed by atoms with E-state index in [1.54, 1.807) is 12.1 Å². The van der Waals surface area contributed by atoms with E-state index in [1.165, 1.54) is 12.3 Å². The predicted molar refractivity (Wildman–Crippen MR) is 91.9 cm³/mol. The van der Waals surface area contributed by atoms with Crippen LogP contribution in [0.2, 0.25) is 0 Å². The highest BCUT2D eigenvalue weighted by Crippen LogP contribution is 2.30. The van der Waals surface area contributed by atoms with E-state index in [1.807, 2.05) is 27.7 Å². The molecule has 2 atom stereocenters. The maximum Gasteiger partial charge on any atom is 0.433 e. The van der Waals surface area contributed by atoms with Gasteiger partial charge in [-0.25, -0.2) is 0 Å². The Balaban J connectivity index is 2.17. The highest BCUT2D eigenvalue weighted by molar-refractivity contribution is 7.90. The number of halogens is 3.